The minimum atomic E-state index is -2.72. The highest BCUT2D eigenvalue weighted by Gasteiger charge is 2.45. The van der Waals surface area contributed by atoms with Gasteiger partial charge in [-0.1, -0.05) is 6.58 Å². The van der Waals surface area contributed by atoms with Crippen LogP contribution >= 0.6 is 0 Å². The van der Waals surface area contributed by atoms with Crippen LogP contribution in [-0.4, -0.2) is 29.3 Å². The summed E-state index contributed by atoms with van der Waals surface area (Å²) >= 11 is 0. The Bertz CT molecular complexity index is 287. The van der Waals surface area contributed by atoms with Crippen molar-refractivity contribution in [3.05, 3.63) is 12.2 Å². The fourth-order valence-electron chi connectivity index (χ4n) is 1.42. The Balaban J connectivity index is 2.66. The molecule has 0 saturated carbocycles. The second-order valence-electron chi connectivity index (χ2n) is 4.08. The van der Waals surface area contributed by atoms with E-state index in [1.54, 1.807) is 6.92 Å². The highest BCUT2D eigenvalue weighted by atomic mass is 19.2. The molecule has 5 heteroatoms. The van der Waals surface area contributed by atoms with Crippen molar-refractivity contribution < 1.29 is 23.8 Å². The van der Waals surface area contributed by atoms with E-state index in [0.29, 0.717) is 6.42 Å². The molecule has 1 heterocycles. The molecule has 0 aliphatic carbocycles. The van der Waals surface area contributed by atoms with Crippen LogP contribution in [0.15, 0.2) is 12.2 Å². The lowest BCUT2D eigenvalue weighted by Gasteiger charge is -2.38. The summed E-state index contributed by atoms with van der Waals surface area (Å²) in [5.74, 6) is -0.588. The number of hydrogen-bond donors (Lipinski definition) is 1. The molecule has 0 aromatic rings. The van der Waals surface area contributed by atoms with Crippen LogP contribution in [0.4, 0.5) is 4.39 Å². The van der Waals surface area contributed by atoms with Crippen LogP contribution in [0, 0.1) is 0 Å². The van der Waals surface area contributed by atoms with E-state index in [1.807, 2.05) is 0 Å². The van der Waals surface area contributed by atoms with Crippen molar-refractivity contribution in [1.82, 2.24) is 0 Å². The molecule has 0 spiro atoms. The Morgan fingerprint density at radius 2 is 2.27 bits per heavy atom. The van der Waals surface area contributed by atoms with Crippen LogP contribution in [0.2, 0.25) is 0 Å². The SMILES string of the molecule is C=C(C)C(=O)OC1(C)CCOC(O)(F)C1. The third-order valence-electron chi connectivity index (χ3n) is 2.23. The van der Waals surface area contributed by atoms with E-state index >= 15 is 0 Å². The van der Waals surface area contributed by atoms with Gasteiger partial charge in [-0.2, -0.15) is 4.39 Å². The number of carbonyl (C=O) groups excluding carboxylic acids is 1. The van der Waals surface area contributed by atoms with Crippen molar-refractivity contribution in [2.24, 2.45) is 0 Å². The minimum absolute atomic E-state index is 0.00692. The van der Waals surface area contributed by atoms with Crippen LogP contribution in [0.1, 0.15) is 26.7 Å². The summed E-state index contributed by atoms with van der Waals surface area (Å²) < 4.78 is 22.7. The molecule has 0 bridgehead atoms. The maximum Gasteiger partial charge on any atom is 0.333 e. The molecule has 0 aromatic carbocycles. The number of hydrogen-bond acceptors (Lipinski definition) is 4. The van der Waals surface area contributed by atoms with Crippen molar-refractivity contribution in [3.63, 3.8) is 0 Å². The molecule has 1 rings (SSSR count). The van der Waals surface area contributed by atoms with E-state index in [-0.39, 0.29) is 18.6 Å². The van der Waals surface area contributed by atoms with E-state index in [9.17, 15) is 9.18 Å². The number of halogens is 1. The highest BCUT2D eigenvalue weighted by Crippen LogP contribution is 2.34. The first-order chi connectivity index (χ1) is 6.74. The van der Waals surface area contributed by atoms with Crippen LogP contribution in [0.25, 0.3) is 0 Å². The Morgan fingerprint density at radius 1 is 1.67 bits per heavy atom. The fourth-order valence-corrected chi connectivity index (χ4v) is 1.42. The summed E-state index contributed by atoms with van der Waals surface area (Å²) in [6, 6.07) is -2.72. The maximum absolute atomic E-state index is 13.1. The van der Waals surface area contributed by atoms with Gasteiger partial charge in [0.15, 0.2) is 0 Å². The molecule has 2 atom stereocenters. The molecular weight excluding hydrogens is 203 g/mol. The molecule has 1 N–H and O–H groups in total. The number of alkyl halides is 1. The molecular formula is C10H15FO4. The molecule has 1 fully saturated rings. The number of carbonyl (C=O) groups is 1. The van der Waals surface area contributed by atoms with Gasteiger partial charge in [0.05, 0.1) is 13.0 Å². The Morgan fingerprint density at radius 3 is 2.73 bits per heavy atom. The van der Waals surface area contributed by atoms with Crippen LogP contribution in [0.5, 0.6) is 0 Å². The van der Waals surface area contributed by atoms with E-state index in [0.717, 1.165) is 0 Å². The summed E-state index contributed by atoms with van der Waals surface area (Å²) in [6.45, 7) is 6.50. The summed E-state index contributed by atoms with van der Waals surface area (Å²) in [6.07, 6.45) is -0.0444. The van der Waals surface area contributed by atoms with E-state index in [4.69, 9.17) is 9.84 Å². The Labute approximate surface area is 87.7 Å². The first kappa shape index (κ1) is 12.1. The first-order valence-corrected chi connectivity index (χ1v) is 4.68. The smallest absolute Gasteiger partial charge is 0.333 e. The lowest BCUT2D eigenvalue weighted by molar-refractivity contribution is -0.333. The fraction of sp³-hybridized carbons (Fsp3) is 0.700. The quantitative estimate of drug-likeness (QED) is 0.560. The Kier molecular flexibility index (Phi) is 3.16. The molecule has 0 aromatic heterocycles. The van der Waals surface area contributed by atoms with Crippen LogP contribution < -0.4 is 0 Å². The average molecular weight is 218 g/mol. The van der Waals surface area contributed by atoms with E-state index in [2.05, 4.69) is 11.3 Å². The molecule has 1 saturated heterocycles. The van der Waals surface area contributed by atoms with Gasteiger partial charge in [0.2, 0.25) is 0 Å². The van der Waals surface area contributed by atoms with E-state index < -0.39 is 17.6 Å². The zero-order chi connectivity index (χ0) is 11.7. The third-order valence-corrected chi connectivity index (χ3v) is 2.23. The molecule has 1 aliphatic rings. The molecule has 4 nitrogen and oxygen atoms in total. The summed E-state index contributed by atoms with van der Waals surface area (Å²) in [4.78, 5) is 11.3. The van der Waals surface area contributed by atoms with Crippen molar-refractivity contribution >= 4 is 5.97 Å². The monoisotopic (exact) mass is 218 g/mol. The van der Waals surface area contributed by atoms with Crippen molar-refractivity contribution in [2.45, 2.75) is 38.3 Å². The summed E-state index contributed by atoms with van der Waals surface area (Å²) in [5, 5.41) is 9.06. The van der Waals surface area contributed by atoms with Crippen molar-refractivity contribution in [2.75, 3.05) is 6.61 Å². The minimum Gasteiger partial charge on any atom is -0.456 e. The van der Waals surface area contributed by atoms with Gasteiger partial charge >= 0.3 is 12.0 Å². The Hall–Kier alpha value is -0.940. The van der Waals surface area contributed by atoms with Gasteiger partial charge in [0.25, 0.3) is 0 Å². The summed E-state index contributed by atoms with van der Waals surface area (Å²) in [5.41, 5.74) is -0.803. The predicted octanol–water partition coefficient (Wildman–Crippen LogP) is 1.29. The molecule has 15 heavy (non-hydrogen) atoms. The summed E-state index contributed by atoms with van der Waals surface area (Å²) in [7, 11) is 0. The standard InChI is InChI=1S/C10H15FO4/c1-7(2)8(12)15-9(3)4-5-14-10(11,13)6-9/h13H,1,4-6H2,2-3H3. The average Bonchev–Trinajstić information content (AvgIpc) is 1.99. The predicted molar refractivity (Wildman–Crippen MR) is 50.6 cm³/mol. The van der Waals surface area contributed by atoms with Crippen molar-refractivity contribution in [3.8, 4) is 0 Å². The van der Waals surface area contributed by atoms with Crippen LogP contribution in [-0.2, 0) is 14.3 Å². The molecule has 1 aliphatic heterocycles. The first-order valence-electron chi connectivity index (χ1n) is 4.68. The van der Waals surface area contributed by atoms with Gasteiger partial charge in [-0.3, -0.25) is 0 Å². The molecule has 0 radical (unpaired) electrons. The van der Waals surface area contributed by atoms with Gasteiger partial charge in [0, 0.05) is 12.0 Å². The topological polar surface area (TPSA) is 55.8 Å². The van der Waals surface area contributed by atoms with Crippen molar-refractivity contribution in [1.29, 1.82) is 0 Å². The molecule has 2 unspecified atom stereocenters. The van der Waals surface area contributed by atoms with Gasteiger partial charge in [0.1, 0.15) is 5.60 Å². The van der Waals surface area contributed by atoms with Gasteiger partial charge in [-0.05, 0) is 13.8 Å². The number of aliphatic hydroxyl groups is 1. The maximum atomic E-state index is 13.1. The normalized spacial score (nSPS) is 36.0. The number of esters is 1. The second kappa shape index (κ2) is 3.90. The van der Waals surface area contributed by atoms with Gasteiger partial charge in [-0.25, -0.2) is 4.79 Å². The number of rotatable bonds is 2. The van der Waals surface area contributed by atoms with Crippen LogP contribution in [0.3, 0.4) is 0 Å². The highest BCUT2D eigenvalue weighted by molar-refractivity contribution is 5.87. The zero-order valence-corrected chi connectivity index (χ0v) is 8.88. The van der Waals surface area contributed by atoms with Gasteiger partial charge < -0.3 is 14.6 Å². The molecule has 86 valence electrons. The lowest BCUT2D eigenvalue weighted by atomic mass is 9.95. The zero-order valence-electron chi connectivity index (χ0n) is 8.88. The third kappa shape index (κ3) is 3.28. The number of ether oxygens (including phenoxy) is 2. The van der Waals surface area contributed by atoms with Gasteiger partial charge in [-0.15, -0.1) is 0 Å². The molecule has 0 amide bonds. The largest absolute Gasteiger partial charge is 0.456 e. The lowest BCUT2D eigenvalue weighted by Crippen LogP contribution is -2.47. The second-order valence-corrected chi connectivity index (χ2v) is 4.08. The van der Waals surface area contributed by atoms with E-state index in [1.165, 1.54) is 6.92 Å².